The van der Waals surface area contributed by atoms with Gasteiger partial charge in [0.2, 0.25) is 5.78 Å². The van der Waals surface area contributed by atoms with E-state index in [-0.39, 0.29) is 10.8 Å². The van der Waals surface area contributed by atoms with Gasteiger partial charge in [-0.05, 0) is 54.5 Å². The molecule has 0 unspecified atom stereocenters. The smallest absolute Gasteiger partial charge is 0.250 e. The summed E-state index contributed by atoms with van der Waals surface area (Å²) in [4.78, 5) is 17.9. The second kappa shape index (κ2) is 7.80. The van der Waals surface area contributed by atoms with Crippen LogP contribution in [0.5, 0.6) is 17.2 Å². The van der Waals surface area contributed by atoms with Crippen LogP contribution in [0, 0.1) is 0 Å². The highest BCUT2D eigenvalue weighted by Gasteiger charge is 2.39. The summed E-state index contributed by atoms with van der Waals surface area (Å²) in [5.74, 6) is 1.76. The molecular formula is C22H27NO4SSi. The molecule has 1 heterocycles. The van der Waals surface area contributed by atoms with Gasteiger partial charge in [-0.2, -0.15) is 0 Å². The summed E-state index contributed by atoms with van der Waals surface area (Å²) >= 11 is 1.35. The molecule has 0 radical (unpaired) electrons. The lowest BCUT2D eigenvalue weighted by Gasteiger charge is -2.37. The molecule has 7 heteroatoms. The van der Waals surface area contributed by atoms with Gasteiger partial charge < -0.3 is 13.9 Å². The highest BCUT2D eigenvalue weighted by molar-refractivity contribution is 7.20. The minimum absolute atomic E-state index is 0.0136. The lowest BCUT2D eigenvalue weighted by molar-refractivity contribution is 0.103. The average Bonchev–Trinajstić information content (AvgIpc) is 3.09. The van der Waals surface area contributed by atoms with E-state index in [0.29, 0.717) is 22.1 Å². The number of ketones is 1. The molecule has 3 aromatic rings. The van der Waals surface area contributed by atoms with Gasteiger partial charge in [-0.25, -0.2) is 4.98 Å². The summed E-state index contributed by atoms with van der Waals surface area (Å²) < 4.78 is 18.0. The van der Waals surface area contributed by atoms with Crippen LogP contribution >= 0.6 is 11.3 Å². The Morgan fingerprint density at radius 3 is 2.24 bits per heavy atom. The lowest BCUT2D eigenvalue weighted by atomic mass is 10.1. The Hall–Kier alpha value is -2.38. The number of carbonyl (C=O) groups excluding carboxylic acids is 1. The standard InChI is InChI=1S/C22H27NO4SSi/c1-22(2,3)29(6,7)27-18-11-9-14(25-4)12-16(18)20(24)21-23-17-10-8-15(26-5)13-19(17)28-21/h8-13H,1-7H3. The number of rotatable bonds is 6. The molecule has 0 amide bonds. The highest BCUT2D eigenvalue weighted by Crippen LogP contribution is 2.39. The van der Waals surface area contributed by atoms with E-state index in [1.807, 2.05) is 30.3 Å². The molecule has 0 N–H and O–H groups in total. The number of aromatic nitrogens is 1. The van der Waals surface area contributed by atoms with Gasteiger partial charge in [-0.3, -0.25) is 4.79 Å². The maximum Gasteiger partial charge on any atom is 0.250 e. The van der Waals surface area contributed by atoms with Gasteiger partial charge in [0.05, 0.1) is 30.0 Å². The summed E-state index contributed by atoms with van der Waals surface area (Å²) in [6.45, 7) is 10.8. The number of hydrogen-bond acceptors (Lipinski definition) is 6. The average molecular weight is 430 g/mol. The van der Waals surface area contributed by atoms with Crippen LogP contribution in [-0.2, 0) is 0 Å². The van der Waals surface area contributed by atoms with Crippen molar-refractivity contribution < 1.29 is 18.7 Å². The number of nitrogens with zero attached hydrogens (tertiary/aromatic N) is 1. The molecule has 0 atom stereocenters. The van der Waals surface area contributed by atoms with Gasteiger partial charge in [-0.1, -0.05) is 20.8 Å². The number of fused-ring (bicyclic) bond motifs is 1. The van der Waals surface area contributed by atoms with E-state index in [1.165, 1.54) is 11.3 Å². The van der Waals surface area contributed by atoms with Crippen molar-refractivity contribution in [1.82, 2.24) is 4.98 Å². The van der Waals surface area contributed by atoms with E-state index in [1.54, 1.807) is 20.3 Å². The number of benzene rings is 2. The predicted octanol–water partition coefficient (Wildman–Crippen LogP) is 5.93. The molecule has 154 valence electrons. The Kier molecular flexibility index (Phi) is 5.74. The van der Waals surface area contributed by atoms with Crippen LogP contribution in [0.1, 0.15) is 36.1 Å². The van der Waals surface area contributed by atoms with E-state index < -0.39 is 8.32 Å². The van der Waals surface area contributed by atoms with Crippen LogP contribution in [-0.4, -0.2) is 33.3 Å². The van der Waals surface area contributed by atoms with E-state index in [2.05, 4.69) is 38.8 Å². The third-order valence-corrected chi connectivity index (χ3v) is 10.8. The third-order valence-electron chi connectivity index (χ3n) is 5.39. The number of ether oxygens (including phenoxy) is 2. The van der Waals surface area contributed by atoms with Crippen LogP contribution in [0.3, 0.4) is 0 Å². The quantitative estimate of drug-likeness (QED) is 0.359. The van der Waals surface area contributed by atoms with Crippen molar-refractivity contribution >= 4 is 35.7 Å². The fourth-order valence-corrected chi connectivity index (χ4v) is 4.56. The van der Waals surface area contributed by atoms with E-state index in [9.17, 15) is 4.79 Å². The van der Waals surface area contributed by atoms with Crippen molar-refractivity contribution in [2.75, 3.05) is 14.2 Å². The Morgan fingerprint density at radius 1 is 1.00 bits per heavy atom. The van der Waals surface area contributed by atoms with Crippen molar-refractivity contribution in [3.05, 3.63) is 47.0 Å². The van der Waals surface area contributed by atoms with Crippen molar-refractivity contribution in [1.29, 1.82) is 0 Å². The molecule has 29 heavy (non-hydrogen) atoms. The number of methoxy groups -OCH3 is 2. The molecule has 0 aliphatic carbocycles. The molecule has 0 bridgehead atoms. The minimum Gasteiger partial charge on any atom is -0.543 e. The zero-order chi connectivity index (χ0) is 21.4. The first-order valence-corrected chi connectivity index (χ1v) is 13.1. The molecule has 5 nitrogen and oxygen atoms in total. The molecular weight excluding hydrogens is 402 g/mol. The zero-order valence-electron chi connectivity index (χ0n) is 18.0. The number of thiazole rings is 1. The highest BCUT2D eigenvalue weighted by atomic mass is 32.1. The molecule has 2 aromatic carbocycles. The predicted molar refractivity (Wildman–Crippen MR) is 120 cm³/mol. The molecule has 1 aromatic heterocycles. The van der Waals surface area contributed by atoms with Crippen molar-refractivity contribution in [3.8, 4) is 17.2 Å². The van der Waals surface area contributed by atoms with Crippen LogP contribution in [0.4, 0.5) is 0 Å². The molecule has 3 rings (SSSR count). The first-order valence-electron chi connectivity index (χ1n) is 9.42. The van der Waals surface area contributed by atoms with E-state index >= 15 is 0 Å². The Morgan fingerprint density at radius 2 is 1.62 bits per heavy atom. The Balaban J connectivity index is 2.05. The summed E-state index contributed by atoms with van der Waals surface area (Å²) in [5, 5.41) is 0.432. The normalized spacial score (nSPS) is 12.1. The maximum atomic E-state index is 13.4. The fraction of sp³-hybridized carbons (Fsp3) is 0.364. The van der Waals surface area contributed by atoms with Crippen LogP contribution in [0.2, 0.25) is 18.1 Å². The molecule has 0 aliphatic heterocycles. The Labute approximate surface area is 176 Å². The first-order chi connectivity index (χ1) is 13.6. The SMILES string of the molecule is COc1ccc(O[Si](C)(C)C(C)(C)C)c(C(=O)c2nc3ccc(OC)cc3s2)c1. The van der Waals surface area contributed by atoms with E-state index in [4.69, 9.17) is 13.9 Å². The van der Waals surface area contributed by atoms with Crippen LogP contribution in [0.25, 0.3) is 10.2 Å². The zero-order valence-corrected chi connectivity index (χ0v) is 19.8. The summed E-state index contributed by atoms with van der Waals surface area (Å²) in [7, 11) is 1.08. The topological polar surface area (TPSA) is 57.7 Å². The maximum absolute atomic E-state index is 13.4. The molecule has 0 saturated carbocycles. The molecule has 0 spiro atoms. The van der Waals surface area contributed by atoms with Gasteiger partial charge in [0.25, 0.3) is 8.32 Å². The molecule has 0 aliphatic rings. The van der Waals surface area contributed by atoms with Gasteiger partial charge >= 0.3 is 0 Å². The summed E-state index contributed by atoms with van der Waals surface area (Å²) in [5.41, 5.74) is 1.24. The second-order valence-corrected chi connectivity index (χ2v) is 14.2. The van der Waals surface area contributed by atoms with Crippen LogP contribution in [0.15, 0.2) is 36.4 Å². The van der Waals surface area contributed by atoms with Crippen molar-refractivity contribution in [2.24, 2.45) is 0 Å². The van der Waals surface area contributed by atoms with Gasteiger partial charge in [-0.15, -0.1) is 11.3 Å². The second-order valence-electron chi connectivity index (χ2n) is 8.41. The monoisotopic (exact) mass is 429 g/mol. The van der Waals surface area contributed by atoms with Gasteiger partial charge in [0.15, 0.2) is 5.01 Å². The first kappa shape index (κ1) is 21.3. The number of hydrogen-bond donors (Lipinski definition) is 0. The van der Waals surface area contributed by atoms with Gasteiger partial charge in [0.1, 0.15) is 17.2 Å². The third kappa shape index (κ3) is 4.30. The Bertz CT molecular complexity index is 1050. The van der Waals surface area contributed by atoms with Crippen LogP contribution < -0.4 is 13.9 Å². The largest absolute Gasteiger partial charge is 0.543 e. The van der Waals surface area contributed by atoms with Gasteiger partial charge in [0, 0.05) is 0 Å². The summed E-state index contributed by atoms with van der Waals surface area (Å²) in [6, 6.07) is 11.0. The molecule has 0 saturated heterocycles. The molecule has 0 fully saturated rings. The fourth-order valence-electron chi connectivity index (χ4n) is 2.57. The van der Waals surface area contributed by atoms with Crippen molar-refractivity contribution in [3.63, 3.8) is 0 Å². The van der Waals surface area contributed by atoms with E-state index in [0.717, 1.165) is 16.0 Å². The van der Waals surface area contributed by atoms with Crippen molar-refractivity contribution in [2.45, 2.75) is 38.9 Å². The number of carbonyl (C=O) groups is 1. The lowest BCUT2D eigenvalue weighted by Crippen LogP contribution is -2.44. The summed E-state index contributed by atoms with van der Waals surface area (Å²) in [6.07, 6.45) is 0. The minimum atomic E-state index is -2.12.